The number of imidazole rings is 1. The van der Waals surface area contributed by atoms with E-state index in [2.05, 4.69) is 9.71 Å². The maximum atomic E-state index is 12.9. The van der Waals surface area contributed by atoms with Gasteiger partial charge in [0.25, 0.3) is 0 Å². The molecule has 3 aromatic rings. The summed E-state index contributed by atoms with van der Waals surface area (Å²) in [6.07, 6.45) is 5.72. The summed E-state index contributed by atoms with van der Waals surface area (Å²) in [5, 5.41) is 0. The van der Waals surface area contributed by atoms with Crippen LogP contribution in [0.25, 0.3) is 5.65 Å². The largest absolute Gasteiger partial charge is 0.338 e. The van der Waals surface area contributed by atoms with Crippen molar-refractivity contribution in [3.8, 4) is 0 Å². The number of benzene rings is 1. The van der Waals surface area contributed by atoms with Crippen LogP contribution in [-0.4, -0.2) is 41.4 Å². The number of carbonyl (C=O) groups is 1. The van der Waals surface area contributed by atoms with Gasteiger partial charge in [-0.15, -0.1) is 0 Å². The number of anilines is 1. The van der Waals surface area contributed by atoms with Gasteiger partial charge in [0.2, 0.25) is 15.9 Å². The summed E-state index contributed by atoms with van der Waals surface area (Å²) in [5.41, 5.74) is 5.33. The normalized spacial score (nSPS) is 14.1. The Morgan fingerprint density at radius 3 is 2.86 bits per heavy atom. The van der Waals surface area contributed by atoms with Gasteiger partial charge in [-0.05, 0) is 42.2 Å². The van der Waals surface area contributed by atoms with Crippen LogP contribution < -0.4 is 4.72 Å². The number of amides is 1. The molecule has 1 aromatic carbocycles. The number of rotatable bonds is 4. The van der Waals surface area contributed by atoms with Crippen molar-refractivity contribution in [2.75, 3.05) is 17.5 Å². The van der Waals surface area contributed by atoms with Crippen molar-refractivity contribution in [2.24, 2.45) is 0 Å². The Kier molecular flexibility index (Phi) is 4.58. The molecule has 0 bridgehead atoms. The van der Waals surface area contributed by atoms with Gasteiger partial charge in [0.05, 0.1) is 24.1 Å². The van der Waals surface area contributed by atoms with Crippen molar-refractivity contribution >= 4 is 27.3 Å². The van der Waals surface area contributed by atoms with Gasteiger partial charge in [0.1, 0.15) is 5.65 Å². The first-order chi connectivity index (χ1) is 13.3. The van der Waals surface area contributed by atoms with Crippen molar-refractivity contribution in [3.63, 3.8) is 0 Å². The maximum absolute atomic E-state index is 12.9. The zero-order valence-corrected chi connectivity index (χ0v) is 16.7. The molecule has 0 atom stereocenters. The molecule has 0 radical (unpaired) electrons. The number of pyridine rings is 1. The molecule has 8 heteroatoms. The fourth-order valence-electron chi connectivity index (χ4n) is 3.72. The second kappa shape index (κ2) is 6.94. The maximum Gasteiger partial charge on any atom is 0.229 e. The molecule has 0 saturated heterocycles. The van der Waals surface area contributed by atoms with E-state index in [4.69, 9.17) is 0 Å². The number of aryl methyl sites for hydroxylation is 1. The summed E-state index contributed by atoms with van der Waals surface area (Å²) in [6, 6.07) is 9.47. The molecular weight excluding hydrogens is 376 g/mol. The van der Waals surface area contributed by atoms with Gasteiger partial charge in [-0.2, -0.15) is 0 Å². The molecule has 0 aliphatic carbocycles. The van der Waals surface area contributed by atoms with Crippen LogP contribution in [0.3, 0.4) is 0 Å². The number of sulfonamides is 1. The third-order valence-electron chi connectivity index (χ3n) is 5.05. The fraction of sp³-hybridized carbons (Fsp3) is 0.300. The Hall–Kier alpha value is -2.87. The average molecular weight is 398 g/mol. The van der Waals surface area contributed by atoms with E-state index in [9.17, 15) is 13.2 Å². The molecule has 146 valence electrons. The van der Waals surface area contributed by atoms with Gasteiger partial charge in [-0.25, -0.2) is 13.4 Å². The minimum absolute atomic E-state index is 0.0374. The van der Waals surface area contributed by atoms with Crippen molar-refractivity contribution < 1.29 is 13.2 Å². The molecular formula is C20H22N4O3S. The second-order valence-electron chi connectivity index (χ2n) is 7.19. The Labute approximate surface area is 164 Å². The molecule has 2 aromatic heterocycles. The van der Waals surface area contributed by atoms with Gasteiger partial charge >= 0.3 is 0 Å². The van der Waals surface area contributed by atoms with Crippen molar-refractivity contribution in [1.82, 2.24) is 14.3 Å². The molecule has 1 aliphatic heterocycles. The molecule has 0 spiro atoms. The van der Waals surface area contributed by atoms with Crippen molar-refractivity contribution in [1.29, 1.82) is 0 Å². The fourth-order valence-corrected chi connectivity index (χ4v) is 4.31. The van der Waals surface area contributed by atoms with E-state index in [0.717, 1.165) is 34.3 Å². The van der Waals surface area contributed by atoms with Crippen LogP contribution in [0.15, 0.2) is 42.7 Å². The van der Waals surface area contributed by atoms with Gasteiger partial charge in [0.15, 0.2) is 0 Å². The summed E-state index contributed by atoms with van der Waals surface area (Å²) in [6.45, 7) is 3.03. The summed E-state index contributed by atoms with van der Waals surface area (Å²) < 4.78 is 27.7. The Bertz CT molecular complexity index is 1170. The van der Waals surface area contributed by atoms with E-state index in [1.165, 1.54) is 0 Å². The summed E-state index contributed by atoms with van der Waals surface area (Å²) in [5.74, 6) is 0.0374. The summed E-state index contributed by atoms with van der Waals surface area (Å²) >= 11 is 0. The van der Waals surface area contributed by atoms with E-state index in [0.29, 0.717) is 25.2 Å². The lowest BCUT2D eigenvalue weighted by molar-refractivity contribution is -0.131. The highest BCUT2D eigenvalue weighted by Gasteiger charge is 2.24. The highest BCUT2D eigenvalue weighted by atomic mass is 32.2. The number of hydrogen-bond acceptors (Lipinski definition) is 4. The first-order valence-electron chi connectivity index (χ1n) is 9.10. The van der Waals surface area contributed by atoms with Crippen LogP contribution in [0, 0.1) is 6.92 Å². The molecule has 28 heavy (non-hydrogen) atoms. The predicted octanol–water partition coefficient (Wildman–Crippen LogP) is 2.14. The standard InChI is InChI=1S/C20H22N4O3S/c1-14-5-4-9-24-16(12-21-20(14)24)11-19(25)23-10-8-17-15(13-23)6-3-7-18(17)22-28(2,26)27/h3-7,9,12,22H,8,10-11,13H2,1-2H3. The topological polar surface area (TPSA) is 83.8 Å². The van der Waals surface area contributed by atoms with Crippen LogP contribution >= 0.6 is 0 Å². The van der Waals surface area contributed by atoms with E-state index in [1.807, 2.05) is 46.7 Å². The summed E-state index contributed by atoms with van der Waals surface area (Å²) in [4.78, 5) is 19.1. The molecule has 0 saturated carbocycles. The lowest BCUT2D eigenvalue weighted by atomic mass is 9.97. The SMILES string of the molecule is Cc1cccn2c(CC(=O)N3CCc4c(cccc4NS(C)(=O)=O)C3)cnc12. The Balaban J connectivity index is 1.53. The van der Waals surface area contributed by atoms with Crippen molar-refractivity contribution in [2.45, 2.75) is 26.3 Å². The van der Waals surface area contributed by atoms with Crippen LogP contribution in [0.1, 0.15) is 22.4 Å². The minimum atomic E-state index is -3.34. The highest BCUT2D eigenvalue weighted by Crippen LogP contribution is 2.27. The van der Waals surface area contributed by atoms with Crippen LogP contribution in [0.5, 0.6) is 0 Å². The molecule has 7 nitrogen and oxygen atoms in total. The van der Waals surface area contributed by atoms with Gasteiger partial charge in [-0.3, -0.25) is 9.52 Å². The molecule has 4 rings (SSSR count). The zero-order valence-electron chi connectivity index (χ0n) is 15.8. The van der Waals surface area contributed by atoms with Crippen LogP contribution in [-0.2, 0) is 34.2 Å². The quantitative estimate of drug-likeness (QED) is 0.730. The summed E-state index contributed by atoms with van der Waals surface area (Å²) in [7, 11) is -3.34. The number of nitrogens with one attached hydrogen (secondary N) is 1. The third-order valence-corrected chi connectivity index (χ3v) is 5.64. The smallest absolute Gasteiger partial charge is 0.229 e. The van der Waals surface area contributed by atoms with E-state index in [1.54, 1.807) is 12.3 Å². The third kappa shape index (κ3) is 3.60. The average Bonchev–Trinajstić information content (AvgIpc) is 3.04. The molecule has 1 amide bonds. The molecule has 1 aliphatic rings. The van der Waals surface area contributed by atoms with Crippen molar-refractivity contribution in [3.05, 3.63) is 65.1 Å². The number of nitrogens with zero attached hydrogens (tertiary/aromatic N) is 3. The lowest BCUT2D eigenvalue weighted by Crippen LogP contribution is -2.37. The minimum Gasteiger partial charge on any atom is -0.338 e. The lowest BCUT2D eigenvalue weighted by Gasteiger charge is -2.30. The van der Waals surface area contributed by atoms with E-state index < -0.39 is 10.0 Å². The van der Waals surface area contributed by atoms with Gasteiger partial charge in [-0.1, -0.05) is 18.2 Å². The van der Waals surface area contributed by atoms with Crippen LogP contribution in [0.4, 0.5) is 5.69 Å². The van der Waals surface area contributed by atoms with Gasteiger partial charge in [0, 0.05) is 25.5 Å². The monoisotopic (exact) mass is 398 g/mol. The van der Waals surface area contributed by atoms with E-state index >= 15 is 0 Å². The Morgan fingerprint density at radius 2 is 2.07 bits per heavy atom. The molecule has 3 heterocycles. The molecule has 0 unspecified atom stereocenters. The highest BCUT2D eigenvalue weighted by molar-refractivity contribution is 7.92. The van der Waals surface area contributed by atoms with Gasteiger partial charge < -0.3 is 9.30 Å². The first-order valence-corrected chi connectivity index (χ1v) is 11.0. The second-order valence-corrected chi connectivity index (χ2v) is 8.94. The first kappa shape index (κ1) is 18.5. The number of carbonyl (C=O) groups excluding carboxylic acids is 1. The molecule has 1 N–H and O–H groups in total. The number of hydrogen-bond donors (Lipinski definition) is 1. The number of aromatic nitrogens is 2. The van der Waals surface area contributed by atoms with Crippen LogP contribution in [0.2, 0.25) is 0 Å². The number of fused-ring (bicyclic) bond motifs is 2. The Morgan fingerprint density at radius 1 is 1.25 bits per heavy atom. The van der Waals surface area contributed by atoms with E-state index in [-0.39, 0.29) is 12.3 Å². The zero-order chi connectivity index (χ0) is 19.9. The molecule has 0 fully saturated rings. The predicted molar refractivity (Wildman–Crippen MR) is 108 cm³/mol.